The summed E-state index contributed by atoms with van der Waals surface area (Å²) in [4.78, 5) is 17.1. The molecule has 3 aliphatic rings. The van der Waals surface area contributed by atoms with Crippen molar-refractivity contribution in [3.05, 3.63) is 78.4 Å². The van der Waals surface area contributed by atoms with Crippen LogP contribution in [0, 0.1) is 11.8 Å². The summed E-state index contributed by atoms with van der Waals surface area (Å²) in [6, 6.07) is 24.2. The molecule has 168 valence electrons. The van der Waals surface area contributed by atoms with Gasteiger partial charge in [-0.05, 0) is 29.3 Å². The summed E-state index contributed by atoms with van der Waals surface area (Å²) in [7, 11) is 1.77. The Labute approximate surface area is 193 Å². The molecule has 0 bridgehead atoms. The number of ether oxygens (including phenoxy) is 3. The van der Waals surface area contributed by atoms with Crippen LogP contribution < -0.4 is 14.4 Å². The van der Waals surface area contributed by atoms with Gasteiger partial charge in [0.05, 0.1) is 5.69 Å². The number of likely N-dealkylation sites (tertiary alicyclic amines) is 1. The maximum Gasteiger partial charge on any atom is 0.414 e. The van der Waals surface area contributed by atoms with E-state index in [1.165, 1.54) is 5.56 Å². The molecular formula is C27H26N2O4. The van der Waals surface area contributed by atoms with Crippen LogP contribution in [-0.4, -0.2) is 44.0 Å². The van der Waals surface area contributed by atoms with E-state index in [9.17, 15) is 4.79 Å². The molecule has 2 aliphatic heterocycles. The second-order valence-corrected chi connectivity index (χ2v) is 9.00. The molecular weight excluding hydrogens is 416 g/mol. The van der Waals surface area contributed by atoms with Crippen molar-refractivity contribution in [1.82, 2.24) is 4.90 Å². The van der Waals surface area contributed by atoms with Crippen LogP contribution in [0.3, 0.4) is 0 Å². The van der Waals surface area contributed by atoms with Gasteiger partial charge in [0.15, 0.2) is 11.5 Å². The number of nitrogens with zero attached hydrogens (tertiary/aromatic N) is 2. The van der Waals surface area contributed by atoms with E-state index in [4.69, 9.17) is 14.2 Å². The second-order valence-electron chi connectivity index (χ2n) is 9.00. The van der Waals surface area contributed by atoms with Crippen molar-refractivity contribution in [3.63, 3.8) is 0 Å². The molecule has 1 saturated carbocycles. The highest BCUT2D eigenvalue weighted by molar-refractivity contribution is 5.93. The molecule has 33 heavy (non-hydrogen) atoms. The van der Waals surface area contributed by atoms with Crippen molar-refractivity contribution in [3.8, 4) is 22.6 Å². The van der Waals surface area contributed by atoms with E-state index in [2.05, 4.69) is 29.2 Å². The first kappa shape index (κ1) is 20.1. The number of carbonyl (C=O) groups excluding carboxylic acids is 1. The first-order chi connectivity index (χ1) is 16.2. The largest absolute Gasteiger partial charge is 0.454 e. The minimum Gasteiger partial charge on any atom is -0.454 e. The van der Waals surface area contributed by atoms with Crippen LogP contribution in [0.25, 0.3) is 11.1 Å². The van der Waals surface area contributed by atoms with Gasteiger partial charge in [0, 0.05) is 44.1 Å². The maximum absolute atomic E-state index is 13.0. The van der Waals surface area contributed by atoms with Crippen molar-refractivity contribution in [2.75, 3.05) is 31.8 Å². The summed E-state index contributed by atoms with van der Waals surface area (Å²) < 4.78 is 16.9. The lowest BCUT2D eigenvalue weighted by Crippen LogP contribution is -2.32. The fourth-order valence-electron chi connectivity index (χ4n) is 5.07. The zero-order valence-electron chi connectivity index (χ0n) is 18.5. The quantitative estimate of drug-likeness (QED) is 0.569. The van der Waals surface area contributed by atoms with Crippen molar-refractivity contribution in [2.24, 2.45) is 11.8 Å². The molecule has 0 aromatic heterocycles. The van der Waals surface area contributed by atoms with Crippen molar-refractivity contribution in [1.29, 1.82) is 0 Å². The van der Waals surface area contributed by atoms with Gasteiger partial charge in [0.1, 0.15) is 6.10 Å². The van der Waals surface area contributed by atoms with E-state index in [0.717, 1.165) is 47.9 Å². The zero-order valence-corrected chi connectivity index (χ0v) is 18.5. The molecule has 1 aliphatic carbocycles. The fourth-order valence-corrected chi connectivity index (χ4v) is 5.07. The molecule has 1 amide bonds. The standard InChI is InChI=1S/C27H26N2O4/c1-28(23-10-6-5-9-20(23)19-11-12-24-25(13-19)32-17-31-24)27(30)33-26-21-15-29(16-22(21)26)14-18-7-3-2-4-8-18/h2-13,21-22,26H,14-17H2,1H3. The lowest BCUT2D eigenvalue weighted by Gasteiger charge is -2.23. The number of hydrogen-bond acceptors (Lipinski definition) is 5. The average Bonchev–Trinajstić information content (AvgIpc) is 3.20. The van der Waals surface area contributed by atoms with Crippen LogP contribution in [0.1, 0.15) is 5.56 Å². The first-order valence-corrected chi connectivity index (χ1v) is 11.4. The topological polar surface area (TPSA) is 51.2 Å². The van der Waals surface area contributed by atoms with Gasteiger partial charge in [-0.15, -0.1) is 0 Å². The summed E-state index contributed by atoms with van der Waals surface area (Å²) >= 11 is 0. The first-order valence-electron chi connectivity index (χ1n) is 11.4. The number of anilines is 1. The van der Waals surface area contributed by atoms with Gasteiger partial charge in [-0.25, -0.2) is 4.79 Å². The number of para-hydroxylation sites is 1. The van der Waals surface area contributed by atoms with E-state index in [0.29, 0.717) is 11.8 Å². The fraction of sp³-hybridized carbons (Fsp3) is 0.296. The molecule has 1 saturated heterocycles. The Morgan fingerprint density at radius 3 is 2.52 bits per heavy atom. The van der Waals surface area contributed by atoms with Crippen LogP contribution >= 0.6 is 0 Å². The number of piperidine rings is 1. The van der Waals surface area contributed by atoms with E-state index in [-0.39, 0.29) is 19.0 Å². The Kier molecular flexibility index (Phi) is 4.95. The predicted octanol–water partition coefficient (Wildman–Crippen LogP) is 4.79. The van der Waals surface area contributed by atoms with Gasteiger partial charge in [0.2, 0.25) is 6.79 Å². The molecule has 6 heteroatoms. The highest BCUT2D eigenvalue weighted by atomic mass is 16.7. The third-order valence-corrected chi connectivity index (χ3v) is 6.90. The summed E-state index contributed by atoms with van der Waals surface area (Å²) in [6.07, 6.45) is -0.290. The smallest absolute Gasteiger partial charge is 0.414 e. The minimum atomic E-state index is -0.308. The summed E-state index contributed by atoms with van der Waals surface area (Å²) in [5.41, 5.74) is 4.04. The van der Waals surface area contributed by atoms with Gasteiger partial charge in [-0.2, -0.15) is 0 Å². The second kappa shape index (κ2) is 8.12. The molecule has 0 radical (unpaired) electrons. The highest BCUT2D eigenvalue weighted by Gasteiger charge is 2.58. The lowest BCUT2D eigenvalue weighted by molar-refractivity contribution is 0.120. The Morgan fingerprint density at radius 2 is 1.70 bits per heavy atom. The summed E-state index contributed by atoms with van der Waals surface area (Å²) in [5.74, 6) is 2.34. The van der Waals surface area contributed by atoms with Gasteiger partial charge in [0.25, 0.3) is 0 Å². The van der Waals surface area contributed by atoms with Crippen LogP contribution in [0.5, 0.6) is 11.5 Å². The van der Waals surface area contributed by atoms with Crippen LogP contribution in [0.2, 0.25) is 0 Å². The van der Waals surface area contributed by atoms with E-state index in [1.54, 1.807) is 11.9 Å². The summed E-state index contributed by atoms with van der Waals surface area (Å²) in [6.45, 7) is 3.15. The number of fused-ring (bicyclic) bond motifs is 2. The van der Waals surface area contributed by atoms with Crippen molar-refractivity contribution in [2.45, 2.75) is 12.6 Å². The van der Waals surface area contributed by atoms with Crippen LogP contribution in [-0.2, 0) is 11.3 Å². The Balaban J connectivity index is 1.11. The Bertz CT molecular complexity index is 1170. The molecule has 3 aromatic carbocycles. The molecule has 6 rings (SSSR count). The van der Waals surface area contributed by atoms with Gasteiger partial charge >= 0.3 is 6.09 Å². The number of amides is 1. The highest BCUT2D eigenvalue weighted by Crippen LogP contribution is 2.48. The molecule has 0 spiro atoms. The molecule has 3 aromatic rings. The van der Waals surface area contributed by atoms with Gasteiger partial charge < -0.3 is 14.2 Å². The number of rotatable bonds is 5. The number of hydrogen-bond donors (Lipinski definition) is 0. The van der Waals surface area contributed by atoms with Crippen molar-refractivity contribution < 1.29 is 19.0 Å². The molecule has 6 nitrogen and oxygen atoms in total. The predicted molar refractivity (Wildman–Crippen MR) is 125 cm³/mol. The molecule has 2 heterocycles. The Morgan fingerprint density at radius 1 is 0.970 bits per heavy atom. The molecule has 2 fully saturated rings. The monoisotopic (exact) mass is 442 g/mol. The number of benzene rings is 3. The molecule has 0 N–H and O–H groups in total. The maximum atomic E-state index is 13.0. The average molecular weight is 443 g/mol. The summed E-state index contributed by atoms with van der Waals surface area (Å²) in [5, 5.41) is 0. The SMILES string of the molecule is CN(C(=O)OC1C2CN(Cc3ccccc3)CC21)c1ccccc1-c1ccc2c(c1)OCO2. The third-order valence-electron chi connectivity index (χ3n) is 6.90. The van der Waals surface area contributed by atoms with Crippen molar-refractivity contribution >= 4 is 11.8 Å². The Hall–Kier alpha value is -3.51. The zero-order chi connectivity index (χ0) is 22.4. The van der Waals surface area contributed by atoms with Crippen LogP contribution in [0.4, 0.5) is 10.5 Å². The van der Waals surface area contributed by atoms with Gasteiger partial charge in [-0.3, -0.25) is 9.80 Å². The molecule has 2 atom stereocenters. The molecule has 2 unspecified atom stereocenters. The van der Waals surface area contributed by atoms with Gasteiger partial charge in [-0.1, -0.05) is 54.6 Å². The number of carbonyl (C=O) groups is 1. The van der Waals surface area contributed by atoms with E-state index >= 15 is 0 Å². The van der Waals surface area contributed by atoms with Crippen LogP contribution in [0.15, 0.2) is 72.8 Å². The normalized spacial score (nSPS) is 22.6. The third kappa shape index (κ3) is 3.80. The van der Waals surface area contributed by atoms with E-state index in [1.807, 2.05) is 48.5 Å². The lowest BCUT2D eigenvalue weighted by atomic mass is 10.0. The van der Waals surface area contributed by atoms with E-state index < -0.39 is 0 Å². The minimum absolute atomic E-state index is 0.0182.